The Morgan fingerprint density at radius 3 is 2.67 bits per heavy atom. The quantitative estimate of drug-likeness (QED) is 0.701. The van der Waals surface area contributed by atoms with Crippen molar-refractivity contribution in [3.8, 4) is 6.07 Å². The molecule has 1 aromatic heterocycles. The van der Waals surface area contributed by atoms with Gasteiger partial charge in [-0.1, -0.05) is 13.8 Å². The van der Waals surface area contributed by atoms with Gasteiger partial charge in [0.25, 0.3) is 0 Å². The first-order valence-electron chi connectivity index (χ1n) is 3.98. The molecule has 1 aromatic rings. The summed E-state index contributed by atoms with van der Waals surface area (Å²) in [5.41, 5.74) is 1.08. The molecule has 0 aliphatic carbocycles. The molecule has 0 amide bonds. The summed E-state index contributed by atoms with van der Waals surface area (Å²) in [5, 5.41) is 9.42. The van der Waals surface area contributed by atoms with Crippen molar-refractivity contribution < 1.29 is 0 Å². The first-order chi connectivity index (χ1) is 5.65. The van der Waals surface area contributed by atoms with Crippen LogP contribution < -0.4 is 0 Å². The first kappa shape index (κ1) is 9.21. The van der Waals surface area contributed by atoms with E-state index >= 15 is 0 Å². The molecule has 0 aromatic carbocycles. The van der Waals surface area contributed by atoms with E-state index in [1.54, 1.807) is 11.3 Å². The molecular formula is C9H12N2S. The Kier molecular flexibility index (Phi) is 2.83. The second-order valence-electron chi connectivity index (χ2n) is 3.05. The molecule has 0 atom stereocenters. The van der Waals surface area contributed by atoms with Crippen LogP contribution in [0.1, 0.15) is 35.3 Å². The second-order valence-corrected chi connectivity index (χ2v) is 4.16. The van der Waals surface area contributed by atoms with Crippen molar-refractivity contribution in [3.63, 3.8) is 0 Å². The highest BCUT2D eigenvalue weighted by Gasteiger charge is 2.09. The summed E-state index contributed by atoms with van der Waals surface area (Å²) < 4.78 is 0. The molecule has 0 radical (unpaired) electrons. The van der Waals surface area contributed by atoms with E-state index in [4.69, 9.17) is 5.26 Å². The van der Waals surface area contributed by atoms with Crippen LogP contribution in [0.25, 0.3) is 0 Å². The molecule has 0 aliphatic heterocycles. The largest absolute Gasteiger partial charge is 0.245 e. The third kappa shape index (κ3) is 1.83. The summed E-state index contributed by atoms with van der Waals surface area (Å²) in [6.07, 6.45) is 0.443. The third-order valence-electron chi connectivity index (χ3n) is 1.63. The van der Waals surface area contributed by atoms with Gasteiger partial charge in [-0.3, -0.25) is 0 Å². The number of hydrogen-bond acceptors (Lipinski definition) is 3. The van der Waals surface area contributed by atoms with Gasteiger partial charge >= 0.3 is 0 Å². The van der Waals surface area contributed by atoms with E-state index in [-0.39, 0.29) is 0 Å². The zero-order valence-corrected chi connectivity index (χ0v) is 8.40. The third-order valence-corrected chi connectivity index (χ3v) is 3.09. The molecule has 2 nitrogen and oxygen atoms in total. The Labute approximate surface area is 76.9 Å². The molecule has 0 aliphatic rings. The minimum absolute atomic E-state index is 0.443. The predicted octanol–water partition coefficient (Wildman–Crippen LogP) is 2.64. The van der Waals surface area contributed by atoms with Gasteiger partial charge in [-0.2, -0.15) is 5.26 Å². The number of aryl methyl sites for hydroxylation is 1. The predicted molar refractivity (Wildman–Crippen MR) is 50.3 cm³/mol. The summed E-state index contributed by atoms with van der Waals surface area (Å²) in [4.78, 5) is 5.62. The number of hydrogen-bond donors (Lipinski definition) is 0. The molecule has 64 valence electrons. The number of aromatic nitrogens is 1. The van der Waals surface area contributed by atoms with Crippen LogP contribution in [0.4, 0.5) is 0 Å². The van der Waals surface area contributed by atoms with Crippen molar-refractivity contribution in [2.75, 3.05) is 0 Å². The molecule has 3 heteroatoms. The van der Waals surface area contributed by atoms with Gasteiger partial charge in [0, 0.05) is 4.88 Å². The van der Waals surface area contributed by atoms with Crippen LogP contribution in [0.5, 0.6) is 0 Å². The van der Waals surface area contributed by atoms with Gasteiger partial charge in [0.05, 0.1) is 18.2 Å². The highest BCUT2D eigenvalue weighted by molar-refractivity contribution is 7.11. The van der Waals surface area contributed by atoms with Crippen LogP contribution in [-0.2, 0) is 6.42 Å². The van der Waals surface area contributed by atoms with Crippen molar-refractivity contribution >= 4 is 11.3 Å². The standard InChI is InChI=1S/C9H12N2S/c1-6(2)9-7(3)11-8(12-9)4-5-10/h6H,4H2,1-3H3. The molecule has 0 saturated heterocycles. The Morgan fingerprint density at radius 1 is 1.58 bits per heavy atom. The van der Waals surface area contributed by atoms with Crippen molar-refractivity contribution in [1.29, 1.82) is 5.26 Å². The maximum absolute atomic E-state index is 8.48. The van der Waals surface area contributed by atoms with Gasteiger partial charge in [-0.25, -0.2) is 4.98 Å². The Morgan fingerprint density at radius 2 is 2.25 bits per heavy atom. The number of rotatable bonds is 2. The van der Waals surface area contributed by atoms with E-state index in [1.807, 2.05) is 6.92 Å². The van der Waals surface area contributed by atoms with Gasteiger partial charge in [-0.05, 0) is 12.8 Å². The number of thiazole rings is 1. The fourth-order valence-electron chi connectivity index (χ4n) is 1.14. The molecule has 12 heavy (non-hydrogen) atoms. The van der Waals surface area contributed by atoms with Crippen molar-refractivity contribution in [2.45, 2.75) is 33.1 Å². The summed E-state index contributed by atoms with van der Waals surface area (Å²) in [5.74, 6) is 0.523. The minimum atomic E-state index is 0.443. The van der Waals surface area contributed by atoms with Crippen LogP contribution in [0.3, 0.4) is 0 Å². The van der Waals surface area contributed by atoms with Crippen molar-refractivity contribution in [2.24, 2.45) is 0 Å². The lowest BCUT2D eigenvalue weighted by atomic mass is 10.1. The average molecular weight is 180 g/mol. The zero-order chi connectivity index (χ0) is 9.14. The zero-order valence-electron chi connectivity index (χ0n) is 7.59. The first-order valence-corrected chi connectivity index (χ1v) is 4.80. The summed E-state index contributed by atoms with van der Waals surface area (Å²) in [6.45, 7) is 6.31. The second kappa shape index (κ2) is 3.68. The van der Waals surface area contributed by atoms with Crippen LogP contribution in [0, 0.1) is 18.3 Å². The minimum Gasteiger partial charge on any atom is -0.245 e. The van der Waals surface area contributed by atoms with Gasteiger partial charge in [0.2, 0.25) is 0 Å². The molecule has 0 fully saturated rings. The molecule has 0 spiro atoms. The topological polar surface area (TPSA) is 36.7 Å². The van der Waals surface area contributed by atoms with E-state index in [0.29, 0.717) is 12.3 Å². The average Bonchev–Trinajstić information content (AvgIpc) is 2.32. The summed E-state index contributed by atoms with van der Waals surface area (Å²) in [7, 11) is 0. The van der Waals surface area contributed by atoms with Crippen LogP contribution in [-0.4, -0.2) is 4.98 Å². The molecule has 0 saturated carbocycles. The SMILES string of the molecule is Cc1nc(CC#N)sc1C(C)C. The van der Waals surface area contributed by atoms with Crippen molar-refractivity contribution in [1.82, 2.24) is 4.98 Å². The lowest BCUT2D eigenvalue weighted by molar-refractivity contribution is 0.872. The van der Waals surface area contributed by atoms with E-state index < -0.39 is 0 Å². The highest BCUT2D eigenvalue weighted by atomic mass is 32.1. The van der Waals surface area contributed by atoms with Gasteiger partial charge < -0.3 is 0 Å². The van der Waals surface area contributed by atoms with Crippen molar-refractivity contribution in [3.05, 3.63) is 15.6 Å². The molecule has 0 bridgehead atoms. The summed E-state index contributed by atoms with van der Waals surface area (Å²) in [6, 6.07) is 2.11. The lowest BCUT2D eigenvalue weighted by Crippen LogP contribution is -1.85. The fraction of sp³-hybridized carbons (Fsp3) is 0.556. The maximum atomic E-state index is 8.48. The van der Waals surface area contributed by atoms with Crippen LogP contribution in [0.2, 0.25) is 0 Å². The highest BCUT2D eigenvalue weighted by Crippen LogP contribution is 2.25. The Bertz CT molecular complexity index is 307. The molecule has 1 heterocycles. The van der Waals surface area contributed by atoms with Gasteiger partial charge in [-0.15, -0.1) is 11.3 Å². The summed E-state index contributed by atoms with van der Waals surface area (Å²) >= 11 is 1.66. The number of nitrogens with zero attached hydrogens (tertiary/aromatic N) is 2. The molecule has 0 N–H and O–H groups in total. The van der Waals surface area contributed by atoms with E-state index in [2.05, 4.69) is 24.9 Å². The molecular weight excluding hydrogens is 168 g/mol. The van der Waals surface area contributed by atoms with Gasteiger partial charge in [0.15, 0.2) is 0 Å². The molecule has 1 rings (SSSR count). The maximum Gasteiger partial charge on any atom is 0.107 e. The van der Waals surface area contributed by atoms with E-state index in [0.717, 1.165) is 10.7 Å². The van der Waals surface area contributed by atoms with E-state index in [1.165, 1.54) is 4.88 Å². The molecule has 0 unspecified atom stereocenters. The lowest BCUT2D eigenvalue weighted by Gasteiger charge is -1.99. The number of nitriles is 1. The Hall–Kier alpha value is -0.880. The van der Waals surface area contributed by atoms with Gasteiger partial charge in [0.1, 0.15) is 5.01 Å². The Balaban J connectivity index is 2.94. The fourth-order valence-corrected chi connectivity index (χ4v) is 2.15. The van der Waals surface area contributed by atoms with Crippen LogP contribution >= 0.6 is 11.3 Å². The normalized spacial score (nSPS) is 10.2. The van der Waals surface area contributed by atoms with Crippen LogP contribution in [0.15, 0.2) is 0 Å². The smallest absolute Gasteiger partial charge is 0.107 e. The van der Waals surface area contributed by atoms with E-state index in [9.17, 15) is 0 Å². The monoisotopic (exact) mass is 180 g/mol.